The molecule has 0 radical (unpaired) electrons. The van der Waals surface area contributed by atoms with E-state index in [1.54, 1.807) is 19.1 Å². The second kappa shape index (κ2) is 7.44. The molecule has 0 atom stereocenters. The summed E-state index contributed by atoms with van der Waals surface area (Å²) in [6.45, 7) is 3.59. The number of aryl methyl sites for hydroxylation is 1. The van der Waals surface area contributed by atoms with Crippen LogP contribution in [0.5, 0.6) is 0 Å². The molecular formula is C19H17BrN4O. The van der Waals surface area contributed by atoms with Crippen LogP contribution in [0, 0.1) is 6.92 Å². The van der Waals surface area contributed by atoms with Gasteiger partial charge in [-0.25, -0.2) is 9.97 Å². The molecule has 0 amide bonds. The molecule has 0 fully saturated rings. The van der Waals surface area contributed by atoms with Crippen molar-refractivity contribution in [2.45, 2.75) is 13.8 Å². The number of aromatic nitrogens is 2. The average molecular weight is 397 g/mol. The van der Waals surface area contributed by atoms with Gasteiger partial charge in [-0.1, -0.05) is 22.0 Å². The van der Waals surface area contributed by atoms with E-state index in [4.69, 9.17) is 0 Å². The highest BCUT2D eigenvalue weighted by Crippen LogP contribution is 2.24. The summed E-state index contributed by atoms with van der Waals surface area (Å²) in [6.07, 6.45) is 1.50. The van der Waals surface area contributed by atoms with E-state index in [1.165, 1.54) is 11.9 Å². The van der Waals surface area contributed by atoms with E-state index in [0.29, 0.717) is 17.2 Å². The monoisotopic (exact) mass is 396 g/mol. The van der Waals surface area contributed by atoms with Gasteiger partial charge >= 0.3 is 0 Å². The van der Waals surface area contributed by atoms with E-state index < -0.39 is 0 Å². The Morgan fingerprint density at radius 1 is 0.920 bits per heavy atom. The van der Waals surface area contributed by atoms with E-state index in [1.807, 2.05) is 43.3 Å². The molecule has 25 heavy (non-hydrogen) atoms. The fraction of sp³-hybridized carbons (Fsp3) is 0.105. The summed E-state index contributed by atoms with van der Waals surface area (Å²) >= 11 is 3.52. The lowest BCUT2D eigenvalue weighted by atomic mass is 10.1. The highest BCUT2D eigenvalue weighted by Gasteiger charge is 2.03. The van der Waals surface area contributed by atoms with Gasteiger partial charge in [-0.15, -0.1) is 0 Å². The zero-order valence-electron chi connectivity index (χ0n) is 13.9. The molecule has 0 saturated heterocycles. The van der Waals surface area contributed by atoms with E-state index >= 15 is 0 Å². The summed E-state index contributed by atoms with van der Waals surface area (Å²) in [5.74, 6) is 1.40. The lowest BCUT2D eigenvalue weighted by Gasteiger charge is -2.10. The van der Waals surface area contributed by atoms with Crippen molar-refractivity contribution in [2.24, 2.45) is 0 Å². The van der Waals surface area contributed by atoms with Gasteiger partial charge in [0.25, 0.3) is 0 Å². The number of rotatable bonds is 5. The molecule has 3 rings (SSSR count). The number of halogens is 1. The van der Waals surface area contributed by atoms with Gasteiger partial charge in [0, 0.05) is 27.5 Å². The summed E-state index contributed by atoms with van der Waals surface area (Å²) in [5, 5.41) is 6.46. The number of hydrogen-bond donors (Lipinski definition) is 2. The Bertz CT molecular complexity index is 910. The lowest BCUT2D eigenvalue weighted by molar-refractivity contribution is 0.101. The summed E-state index contributed by atoms with van der Waals surface area (Å²) < 4.78 is 1.04. The molecule has 1 aromatic heterocycles. The van der Waals surface area contributed by atoms with Gasteiger partial charge in [-0.3, -0.25) is 4.79 Å². The van der Waals surface area contributed by atoms with Crippen LogP contribution in [0.3, 0.4) is 0 Å². The van der Waals surface area contributed by atoms with Crippen LogP contribution in [0.25, 0.3) is 0 Å². The number of nitrogens with zero attached hydrogens (tertiary/aromatic N) is 2. The Morgan fingerprint density at radius 2 is 1.52 bits per heavy atom. The molecule has 3 aromatic rings. The normalized spacial score (nSPS) is 10.4. The van der Waals surface area contributed by atoms with Crippen LogP contribution >= 0.6 is 15.9 Å². The third-order valence-corrected chi connectivity index (χ3v) is 4.53. The highest BCUT2D eigenvalue weighted by molar-refractivity contribution is 9.10. The molecule has 6 heteroatoms. The van der Waals surface area contributed by atoms with Crippen LogP contribution in [-0.2, 0) is 0 Å². The first-order valence-corrected chi connectivity index (χ1v) is 8.54. The zero-order chi connectivity index (χ0) is 17.8. The Morgan fingerprint density at radius 3 is 2.12 bits per heavy atom. The molecule has 0 unspecified atom stereocenters. The summed E-state index contributed by atoms with van der Waals surface area (Å²) in [5.41, 5.74) is 3.64. The van der Waals surface area contributed by atoms with Crippen LogP contribution in [0.1, 0.15) is 22.8 Å². The van der Waals surface area contributed by atoms with E-state index in [9.17, 15) is 4.79 Å². The van der Waals surface area contributed by atoms with E-state index in [0.717, 1.165) is 15.8 Å². The fourth-order valence-corrected chi connectivity index (χ4v) is 2.63. The Kier molecular flexibility index (Phi) is 5.09. The first-order valence-electron chi connectivity index (χ1n) is 7.74. The van der Waals surface area contributed by atoms with Crippen LogP contribution in [0.15, 0.2) is 59.3 Å². The van der Waals surface area contributed by atoms with Crippen LogP contribution in [-0.4, -0.2) is 15.8 Å². The maximum absolute atomic E-state index is 11.3. The van der Waals surface area contributed by atoms with Crippen molar-refractivity contribution in [3.63, 3.8) is 0 Å². The molecule has 5 nitrogen and oxygen atoms in total. The standard InChI is InChI=1S/C19H17BrN4O/c1-12-3-6-16(9-17(12)20)24-19-10-18(21-11-22-19)23-15-7-4-14(5-8-15)13(2)25/h3-11H,1-2H3,(H2,21,22,23,24). The maximum atomic E-state index is 11.3. The number of ketones is 1. The molecule has 0 bridgehead atoms. The van der Waals surface area contributed by atoms with Crippen molar-refractivity contribution in [1.82, 2.24) is 9.97 Å². The first kappa shape index (κ1) is 17.1. The lowest BCUT2D eigenvalue weighted by Crippen LogP contribution is -1.99. The first-order chi connectivity index (χ1) is 12.0. The van der Waals surface area contributed by atoms with Gasteiger partial charge < -0.3 is 10.6 Å². The summed E-state index contributed by atoms with van der Waals surface area (Å²) in [6, 6.07) is 15.1. The number of Topliss-reactive ketones (excluding diaryl/α,β-unsaturated/α-hetero) is 1. The molecule has 1 heterocycles. The summed E-state index contributed by atoms with van der Waals surface area (Å²) in [4.78, 5) is 19.8. The van der Waals surface area contributed by atoms with Gasteiger partial charge in [-0.05, 0) is 55.8 Å². The average Bonchev–Trinajstić information content (AvgIpc) is 2.59. The van der Waals surface area contributed by atoms with Crippen molar-refractivity contribution in [1.29, 1.82) is 0 Å². The van der Waals surface area contributed by atoms with Crippen molar-refractivity contribution >= 4 is 44.7 Å². The van der Waals surface area contributed by atoms with Crippen molar-refractivity contribution in [3.8, 4) is 0 Å². The van der Waals surface area contributed by atoms with Crippen molar-refractivity contribution in [2.75, 3.05) is 10.6 Å². The summed E-state index contributed by atoms with van der Waals surface area (Å²) in [7, 11) is 0. The SMILES string of the molecule is CC(=O)c1ccc(Nc2cc(Nc3ccc(C)c(Br)c3)ncn2)cc1. The van der Waals surface area contributed by atoms with Crippen molar-refractivity contribution < 1.29 is 4.79 Å². The third kappa shape index (κ3) is 4.42. The number of carbonyl (C=O) groups is 1. The largest absolute Gasteiger partial charge is 0.340 e. The minimum absolute atomic E-state index is 0.0457. The highest BCUT2D eigenvalue weighted by atomic mass is 79.9. The molecule has 0 spiro atoms. The Hall–Kier alpha value is -2.73. The quantitative estimate of drug-likeness (QED) is 0.577. The molecule has 0 saturated carbocycles. The minimum Gasteiger partial charge on any atom is -0.340 e. The van der Waals surface area contributed by atoms with Gasteiger partial charge in [0.2, 0.25) is 0 Å². The molecule has 0 aliphatic heterocycles. The van der Waals surface area contributed by atoms with Gasteiger partial charge in [0.15, 0.2) is 5.78 Å². The second-order valence-electron chi connectivity index (χ2n) is 5.64. The number of hydrogen-bond acceptors (Lipinski definition) is 5. The smallest absolute Gasteiger partial charge is 0.159 e. The van der Waals surface area contributed by atoms with E-state index in [2.05, 4.69) is 36.5 Å². The predicted molar refractivity (Wildman–Crippen MR) is 104 cm³/mol. The van der Waals surface area contributed by atoms with Crippen LogP contribution in [0.4, 0.5) is 23.0 Å². The third-order valence-electron chi connectivity index (χ3n) is 3.68. The van der Waals surface area contributed by atoms with Gasteiger partial charge in [-0.2, -0.15) is 0 Å². The molecule has 2 N–H and O–H groups in total. The zero-order valence-corrected chi connectivity index (χ0v) is 15.5. The topological polar surface area (TPSA) is 66.9 Å². The maximum Gasteiger partial charge on any atom is 0.159 e. The molecule has 126 valence electrons. The Balaban J connectivity index is 1.74. The van der Waals surface area contributed by atoms with Gasteiger partial charge in [0.1, 0.15) is 18.0 Å². The minimum atomic E-state index is 0.0457. The second-order valence-corrected chi connectivity index (χ2v) is 6.49. The number of carbonyl (C=O) groups excluding carboxylic acids is 1. The Labute approximate surface area is 154 Å². The molecular weight excluding hydrogens is 380 g/mol. The van der Waals surface area contributed by atoms with E-state index in [-0.39, 0.29) is 5.78 Å². The number of benzene rings is 2. The van der Waals surface area contributed by atoms with Gasteiger partial charge in [0.05, 0.1) is 0 Å². The van der Waals surface area contributed by atoms with Crippen LogP contribution in [0.2, 0.25) is 0 Å². The molecule has 2 aromatic carbocycles. The van der Waals surface area contributed by atoms with Crippen LogP contribution < -0.4 is 10.6 Å². The molecule has 0 aliphatic carbocycles. The fourth-order valence-electron chi connectivity index (χ4n) is 2.25. The number of nitrogens with one attached hydrogen (secondary N) is 2. The molecule has 0 aliphatic rings. The predicted octanol–water partition coefficient (Wildman–Crippen LogP) is 5.24. The number of anilines is 4. The van der Waals surface area contributed by atoms with Crippen molar-refractivity contribution in [3.05, 3.63) is 70.5 Å².